The lowest BCUT2D eigenvalue weighted by Gasteiger charge is -2.34. The zero-order chi connectivity index (χ0) is 35.1. The average Bonchev–Trinajstić information content (AvgIpc) is 3.21. The van der Waals surface area contributed by atoms with Gasteiger partial charge in [0.2, 0.25) is 0 Å². The van der Waals surface area contributed by atoms with Crippen molar-refractivity contribution < 1.29 is 42.5 Å². The Morgan fingerprint density at radius 1 is 1.10 bits per heavy atom. The monoisotopic (exact) mass is 694 g/mol. The first-order valence-electron chi connectivity index (χ1n) is 16.2. The summed E-state index contributed by atoms with van der Waals surface area (Å²) in [7, 11) is -4.37. The molecule has 0 spiro atoms. The molecule has 1 aliphatic heterocycles. The normalized spacial score (nSPS) is 25.6. The fourth-order valence-electron chi connectivity index (χ4n) is 5.64. The number of hydrogen-bond acceptors (Lipinski definition) is 11. The van der Waals surface area contributed by atoms with Crippen LogP contribution in [-0.2, 0) is 28.1 Å². The summed E-state index contributed by atoms with van der Waals surface area (Å²) in [5.41, 5.74) is -4.14. The maximum atomic E-state index is 14.2. The van der Waals surface area contributed by atoms with Gasteiger partial charge in [0.1, 0.15) is 41.2 Å². The van der Waals surface area contributed by atoms with E-state index in [1.165, 1.54) is 13.8 Å². The highest BCUT2D eigenvalue weighted by atomic mass is 31.2. The molecule has 48 heavy (non-hydrogen) atoms. The Morgan fingerprint density at radius 2 is 1.75 bits per heavy atom. The fraction of sp³-hybridized carbons (Fsp3) is 0.625. The highest BCUT2D eigenvalue weighted by Crippen LogP contribution is 2.47. The number of hydrogen-bond donors (Lipinski definition) is 4. The second-order valence-corrected chi connectivity index (χ2v) is 15.0. The number of aliphatic hydroxyl groups excluding tert-OH is 1. The van der Waals surface area contributed by atoms with Gasteiger partial charge in [0, 0.05) is 12.3 Å². The van der Waals surface area contributed by atoms with Crippen LogP contribution in [0.1, 0.15) is 85.8 Å². The van der Waals surface area contributed by atoms with Crippen molar-refractivity contribution in [2.45, 2.75) is 121 Å². The van der Waals surface area contributed by atoms with Crippen molar-refractivity contribution >= 4 is 19.8 Å². The number of benzene rings is 1. The van der Waals surface area contributed by atoms with Crippen LogP contribution in [0.15, 0.2) is 52.2 Å². The number of esters is 1. The third-order valence-electron chi connectivity index (χ3n) is 8.08. The van der Waals surface area contributed by atoms with Gasteiger partial charge in [-0.05, 0) is 72.4 Å². The lowest BCUT2D eigenvalue weighted by molar-refractivity contribution is -0.151. The van der Waals surface area contributed by atoms with Crippen molar-refractivity contribution in [3.05, 3.63) is 63.4 Å². The van der Waals surface area contributed by atoms with Gasteiger partial charge in [0.05, 0.1) is 6.61 Å². The minimum Gasteiger partial charge on any atom is -0.461 e. The third kappa shape index (κ3) is 10.0. The van der Waals surface area contributed by atoms with Crippen molar-refractivity contribution in [3.8, 4) is 5.75 Å². The van der Waals surface area contributed by atoms with Crippen molar-refractivity contribution in [2.75, 3.05) is 6.61 Å². The van der Waals surface area contributed by atoms with E-state index in [0.29, 0.717) is 0 Å². The molecule has 0 bridgehead atoms. The minimum atomic E-state index is -4.37. The van der Waals surface area contributed by atoms with E-state index in [0.717, 1.165) is 61.8 Å². The molecule has 0 radical (unpaired) electrons. The molecule has 266 valence electrons. The Hall–Kier alpha value is -3.49. The molecule has 1 aromatic carbocycles. The standard InChI is InChI=1S/C32H47N4O11P/c1-21(27(39)44-22-14-10-7-6-8-11-15-22)35-48(42,47-23-16-12-9-13-17-23)43-20-24-26(38)32(5,34-30(41)46-31(2,3)4)28(45-24)36-19-18-25(37)33-29(36)40/h9,12-13,16-19,21-22,24,26,28,38H,6-8,10-11,14-15,20H2,1-5H3,(H,34,41)(H,35,42)(H,33,37,40)/t21-,24+,26+,28+,32+,48?/m0/s1. The summed E-state index contributed by atoms with van der Waals surface area (Å²) in [6.45, 7) is 7.30. The van der Waals surface area contributed by atoms with Crippen LogP contribution in [0.3, 0.4) is 0 Å². The number of amides is 1. The predicted octanol–water partition coefficient (Wildman–Crippen LogP) is 3.92. The van der Waals surface area contributed by atoms with Gasteiger partial charge in [-0.1, -0.05) is 37.5 Å². The topological polar surface area (TPSA) is 197 Å². The van der Waals surface area contributed by atoms with Crippen LogP contribution in [0.5, 0.6) is 5.75 Å². The van der Waals surface area contributed by atoms with Crippen molar-refractivity contribution in [2.24, 2.45) is 0 Å². The Kier molecular flexibility index (Phi) is 12.3. The van der Waals surface area contributed by atoms with Crippen LogP contribution in [0.2, 0.25) is 0 Å². The molecular weight excluding hydrogens is 647 g/mol. The first-order valence-corrected chi connectivity index (χ1v) is 17.8. The molecular formula is C32H47N4O11P. The van der Waals surface area contributed by atoms with Crippen molar-refractivity contribution in [1.29, 1.82) is 0 Å². The predicted molar refractivity (Wildman–Crippen MR) is 174 cm³/mol. The Morgan fingerprint density at radius 3 is 2.38 bits per heavy atom. The lowest BCUT2D eigenvalue weighted by atomic mass is 9.92. The number of aromatic amines is 1. The number of alkyl carbamates (subject to hydrolysis) is 1. The Bertz CT molecular complexity index is 1550. The summed E-state index contributed by atoms with van der Waals surface area (Å²) in [5.74, 6) is -0.444. The summed E-state index contributed by atoms with van der Waals surface area (Å²) in [4.78, 5) is 52.7. The molecule has 6 atom stereocenters. The van der Waals surface area contributed by atoms with Gasteiger partial charge in [-0.25, -0.2) is 14.2 Å². The van der Waals surface area contributed by atoms with E-state index in [1.54, 1.807) is 51.1 Å². The van der Waals surface area contributed by atoms with E-state index in [4.69, 9.17) is 23.3 Å². The number of nitrogens with one attached hydrogen (secondary N) is 3. The van der Waals surface area contributed by atoms with Gasteiger partial charge < -0.3 is 29.2 Å². The summed E-state index contributed by atoms with van der Waals surface area (Å²) < 4.78 is 43.9. The van der Waals surface area contributed by atoms with E-state index < -0.39 is 73.3 Å². The number of para-hydroxylation sites is 1. The van der Waals surface area contributed by atoms with Crippen molar-refractivity contribution in [3.63, 3.8) is 0 Å². The van der Waals surface area contributed by atoms with E-state index in [2.05, 4.69) is 15.4 Å². The zero-order valence-electron chi connectivity index (χ0n) is 28.0. The largest absolute Gasteiger partial charge is 0.461 e. The molecule has 1 aliphatic carbocycles. The molecule has 2 aromatic rings. The molecule has 2 aliphatic rings. The number of ether oxygens (including phenoxy) is 3. The van der Waals surface area contributed by atoms with E-state index in [-0.39, 0.29) is 11.9 Å². The second kappa shape index (κ2) is 15.8. The molecule has 1 unspecified atom stereocenters. The van der Waals surface area contributed by atoms with Crippen LogP contribution >= 0.6 is 7.75 Å². The maximum absolute atomic E-state index is 14.2. The molecule has 1 aromatic heterocycles. The number of H-pyrrole nitrogens is 1. The molecule has 1 amide bonds. The lowest BCUT2D eigenvalue weighted by Crippen LogP contribution is -2.59. The number of nitrogens with zero attached hydrogens (tertiary/aromatic N) is 1. The molecule has 4 rings (SSSR count). The number of rotatable bonds is 11. The zero-order valence-corrected chi connectivity index (χ0v) is 28.9. The Labute approximate surface area is 279 Å². The highest BCUT2D eigenvalue weighted by Gasteiger charge is 2.56. The first kappa shape index (κ1) is 37.3. The molecule has 2 heterocycles. The molecule has 16 heteroatoms. The van der Waals surface area contributed by atoms with Gasteiger partial charge in [-0.15, -0.1) is 0 Å². The van der Waals surface area contributed by atoms with Crippen LogP contribution < -0.4 is 26.2 Å². The first-order chi connectivity index (χ1) is 22.6. The smallest absolute Gasteiger partial charge is 0.459 e. The summed E-state index contributed by atoms with van der Waals surface area (Å²) in [5, 5.41) is 16.8. The van der Waals surface area contributed by atoms with Crippen LogP contribution in [0, 0.1) is 0 Å². The number of aromatic nitrogens is 2. The van der Waals surface area contributed by atoms with Gasteiger partial charge >= 0.3 is 25.5 Å². The SMILES string of the molecule is C[C@H](NP(=O)(OC[C@H]1O[C@@H](n2ccc(=O)[nH]c2=O)[C@](C)(NC(=O)OC(C)(C)C)[C@@H]1O)Oc1ccccc1)C(=O)OC1CCCCCCC1. The van der Waals surface area contributed by atoms with Gasteiger partial charge in [-0.3, -0.25) is 23.7 Å². The summed E-state index contributed by atoms with van der Waals surface area (Å²) in [6.07, 6.45) is 2.48. The minimum absolute atomic E-state index is 0.177. The molecule has 1 saturated heterocycles. The van der Waals surface area contributed by atoms with E-state index >= 15 is 0 Å². The summed E-state index contributed by atoms with van der Waals surface area (Å²) >= 11 is 0. The van der Waals surface area contributed by atoms with Crippen molar-refractivity contribution in [1.82, 2.24) is 20.0 Å². The molecule has 2 fully saturated rings. The van der Waals surface area contributed by atoms with Gasteiger partial charge in [0.25, 0.3) is 5.56 Å². The third-order valence-corrected chi connectivity index (χ3v) is 9.72. The number of carbonyl (C=O) groups excluding carboxylic acids is 2. The second-order valence-electron chi connectivity index (χ2n) is 13.4. The van der Waals surface area contributed by atoms with Crippen LogP contribution in [0.4, 0.5) is 4.79 Å². The highest BCUT2D eigenvalue weighted by molar-refractivity contribution is 7.52. The molecule has 1 saturated carbocycles. The molecule has 4 N–H and O–H groups in total. The number of aliphatic hydroxyl groups is 1. The van der Waals surface area contributed by atoms with Crippen LogP contribution in [0.25, 0.3) is 0 Å². The fourth-order valence-corrected chi connectivity index (χ4v) is 7.15. The van der Waals surface area contributed by atoms with Gasteiger partial charge in [0.15, 0.2) is 6.23 Å². The molecule has 15 nitrogen and oxygen atoms in total. The van der Waals surface area contributed by atoms with E-state index in [9.17, 15) is 28.8 Å². The Balaban J connectivity index is 1.55. The van der Waals surface area contributed by atoms with Gasteiger partial charge in [-0.2, -0.15) is 5.09 Å². The average molecular weight is 695 g/mol. The summed E-state index contributed by atoms with van der Waals surface area (Å²) in [6, 6.07) is 8.14. The van der Waals surface area contributed by atoms with E-state index in [1.807, 2.05) is 0 Å². The number of carbonyl (C=O) groups is 2. The maximum Gasteiger partial charge on any atom is 0.459 e. The van der Waals surface area contributed by atoms with Crippen LogP contribution in [-0.4, -0.2) is 68.8 Å². The quantitative estimate of drug-likeness (QED) is 0.196.